The SMILES string of the molecule is Cc1cc(NC(=O)C(N)Cc2ccccc2)ccc1Br. The molecule has 0 saturated heterocycles. The first-order chi connectivity index (χ1) is 9.56. The van der Waals surface area contributed by atoms with Crippen molar-refractivity contribution in [1.82, 2.24) is 0 Å². The Morgan fingerprint density at radius 2 is 1.95 bits per heavy atom. The first-order valence-electron chi connectivity index (χ1n) is 6.43. The van der Waals surface area contributed by atoms with Crippen LogP contribution in [-0.4, -0.2) is 11.9 Å². The van der Waals surface area contributed by atoms with Crippen molar-refractivity contribution in [2.75, 3.05) is 5.32 Å². The lowest BCUT2D eigenvalue weighted by Crippen LogP contribution is -2.37. The van der Waals surface area contributed by atoms with Crippen LogP contribution < -0.4 is 11.1 Å². The van der Waals surface area contributed by atoms with E-state index in [1.165, 1.54) is 0 Å². The van der Waals surface area contributed by atoms with Crippen LogP contribution in [0.2, 0.25) is 0 Å². The second-order valence-corrected chi connectivity index (χ2v) is 5.60. The highest BCUT2D eigenvalue weighted by Crippen LogP contribution is 2.20. The van der Waals surface area contributed by atoms with Gasteiger partial charge in [-0.2, -0.15) is 0 Å². The molecule has 0 aliphatic carbocycles. The predicted molar refractivity (Wildman–Crippen MR) is 85.6 cm³/mol. The van der Waals surface area contributed by atoms with Gasteiger partial charge < -0.3 is 11.1 Å². The molecule has 3 N–H and O–H groups in total. The Morgan fingerprint density at radius 1 is 1.25 bits per heavy atom. The molecule has 0 heterocycles. The van der Waals surface area contributed by atoms with E-state index >= 15 is 0 Å². The van der Waals surface area contributed by atoms with E-state index in [0.717, 1.165) is 21.3 Å². The molecule has 104 valence electrons. The molecule has 1 atom stereocenters. The number of rotatable bonds is 4. The summed E-state index contributed by atoms with van der Waals surface area (Å²) < 4.78 is 1.02. The Balaban J connectivity index is 1.99. The van der Waals surface area contributed by atoms with Gasteiger partial charge in [-0.3, -0.25) is 4.79 Å². The lowest BCUT2D eigenvalue weighted by atomic mass is 10.1. The second kappa shape index (κ2) is 6.68. The van der Waals surface area contributed by atoms with Crippen LogP contribution in [0.15, 0.2) is 53.0 Å². The number of nitrogens with two attached hydrogens (primary N) is 1. The number of hydrogen-bond acceptors (Lipinski definition) is 2. The predicted octanol–water partition coefficient (Wildman–Crippen LogP) is 3.27. The number of halogens is 1. The summed E-state index contributed by atoms with van der Waals surface area (Å²) in [7, 11) is 0. The van der Waals surface area contributed by atoms with E-state index in [2.05, 4.69) is 21.2 Å². The average Bonchev–Trinajstić information content (AvgIpc) is 2.44. The molecule has 0 aliphatic heterocycles. The number of carbonyl (C=O) groups is 1. The first kappa shape index (κ1) is 14.8. The maximum atomic E-state index is 12.1. The molecule has 0 spiro atoms. The number of amides is 1. The van der Waals surface area contributed by atoms with Gasteiger partial charge in [0.1, 0.15) is 0 Å². The molecule has 0 fully saturated rings. The highest BCUT2D eigenvalue weighted by atomic mass is 79.9. The molecule has 0 radical (unpaired) electrons. The van der Waals surface area contributed by atoms with E-state index in [9.17, 15) is 4.79 Å². The van der Waals surface area contributed by atoms with Gasteiger partial charge in [-0.15, -0.1) is 0 Å². The fraction of sp³-hybridized carbons (Fsp3) is 0.188. The van der Waals surface area contributed by atoms with Crippen molar-refractivity contribution in [2.24, 2.45) is 5.73 Å². The maximum absolute atomic E-state index is 12.1. The van der Waals surface area contributed by atoms with Crippen molar-refractivity contribution >= 4 is 27.5 Å². The van der Waals surface area contributed by atoms with Crippen molar-refractivity contribution in [3.63, 3.8) is 0 Å². The normalized spacial score (nSPS) is 11.9. The van der Waals surface area contributed by atoms with Gasteiger partial charge >= 0.3 is 0 Å². The van der Waals surface area contributed by atoms with E-state index in [-0.39, 0.29) is 5.91 Å². The van der Waals surface area contributed by atoms with E-state index < -0.39 is 6.04 Å². The minimum atomic E-state index is -0.554. The molecule has 0 saturated carbocycles. The zero-order valence-corrected chi connectivity index (χ0v) is 12.9. The van der Waals surface area contributed by atoms with Gasteiger partial charge in [-0.25, -0.2) is 0 Å². The maximum Gasteiger partial charge on any atom is 0.241 e. The highest BCUT2D eigenvalue weighted by molar-refractivity contribution is 9.10. The summed E-state index contributed by atoms with van der Waals surface area (Å²) in [6.45, 7) is 1.98. The van der Waals surface area contributed by atoms with Crippen molar-refractivity contribution in [2.45, 2.75) is 19.4 Å². The van der Waals surface area contributed by atoms with E-state index in [4.69, 9.17) is 5.73 Å². The molecular formula is C16H17BrN2O. The van der Waals surface area contributed by atoms with Crippen LogP contribution in [0.25, 0.3) is 0 Å². The molecule has 1 amide bonds. The van der Waals surface area contributed by atoms with E-state index in [0.29, 0.717) is 6.42 Å². The molecule has 0 aliphatic rings. The molecule has 20 heavy (non-hydrogen) atoms. The van der Waals surface area contributed by atoms with Crippen LogP contribution in [0.4, 0.5) is 5.69 Å². The lowest BCUT2D eigenvalue weighted by molar-refractivity contribution is -0.117. The Bertz CT molecular complexity index is 599. The van der Waals surface area contributed by atoms with Gasteiger partial charge in [0.05, 0.1) is 6.04 Å². The summed E-state index contributed by atoms with van der Waals surface area (Å²) in [6.07, 6.45) is 0.530. The van der Waals surface area contributed by atoms with Crippen molar-refractivity contribution < 1.29 is 4.79 Å². The van der Waals surface area contributed by atoms with E-state index in [1.807, 2.05) is 55.5 Å². The third kappa shape index (κ3) is 3.92. The number of nitrogens with one attached hydrogen (secondary N) is 1. The van der Waals surface area contributed by atoms with Gasteiger partial charge in [0.15, 0.2) is 0 Å². The number of aryl methyl sites for hydroxylation is 1. The Labute approximate surface area is 127 Å². The van der Waals surface area contributed by atoms with Crippen LogP contribution in [-0.2, 0) is 11.2 Å². The van der Waals surface area contributed by atoms with Crippen molar-refractivity contribution in [1.29, 1.82) is 0 Å². The smallest absolute Gasteiger partial charge is 0.241 e. The summed E-state index contributed by atoms with van der Waals surface area (Å²) in [5.41, 5.74) is 8.83. The zero-order chi connectivity index (χ0) is 14.5. The third-order valence-corrected chi connectivity index (χ3v) is 3.95. The summed E-state index contributed by atoms with van der Waals surface area (Å²) >= 11 is 3.43. The molecule has 0 aromatic heterocycles. The van der Waals surface area contributed by atoms with Crippen LogP contribution in [0.3, 0.4) is 0 Å². The molecule has 2 aromatic rings. The average molecular weight is 333 g/mol. The lowest BCUT2D eigenvalue weighted by Gasteiger charge is -2.13. The van der Waals surface area contributed by atoms with Gasteiger partial charge in [0.25, 0.3) is 0 Å². The molecule has 2 aromatic carbocycles. The van der Waals surface area contributed by atoms with Gasteiger partial charge in [0.2, 0.25) is 5.91 Å². The summed E-state index contributed by atoms with van der Waals surface area (Å²) in [4.78, 5) is 12.1. The fourth-order valence-electron chi connectivity index (χ4n) is 1.92. The van der Waals surface area contributed by atoms with Gasteiger partial charge in [-0.1, -0.05) is 46.3 Å². The largest absolute Gasteiger partial charge is 0.325 e. The van der Waals surface area contributed by atoms with Crippen LogP contribution >= 0.6 is 15.9 Å². The van der Waals surface area contributed by atoms with E-state index in [1.54, 1.807) is 0 Å². The molecule has 4 heteroatoms. The molecule has 1 unspecified atom stereocenters. The molecule has 2 rings (SSSR count). The summed E-state index contributed by atoms with van der Waals surface area (Å²) in [6, 6.07) is 14.9. The Kier molecular flexibility index (Phi) is 4.93. The molecule has 0 bridgehead atoms. The fourth-order valence-corrected chi connectivity index (χ4v) is 2.16. The standard InChI is InChI=1S/C16H17BrN2O/c1-11-9-13(7-8-14(11)17)19-16(20)15(18)10-12-5-3-2-4-6-12/h2-9,15H,10,18H2,1H3,(H,19,20). The van der Waals surface area contributed by atoms with Crippen LogP contribution in [0.5, 0.6) is 0 Å². The minimum absolute atomic E-state index is 0.171. The molecular weight excluding hydrogens is 316 g/mol. The minimum Gasteiger partial charge on any atom is -0.325 e. The topological polar surface area (TPSA) is 55.1 Å². The molecule has 3 nitrogen and oxygen atoms in total. The van der Waals surface area contributed by atoms with Crippen LogP contribution in [0, 0.1) is 6.92 Å². The zero-order valence-electron chi connectivity index (χ0n) is 11.3. The van der Waals surface area contributed by atoms with Crippen LogP contribution in [0.1, 0.15) is 11.1 Å². The second-order valence-electron chi connectivity index (χ2n) is 4.75. The highest BCUT2D eigenvalue weighted by Gasteiger charge is 2.14. The number of benzene rings is 2. The van der Waals surface area contributed by atoms with Gasteiger partial charge in [-0.05, 0) is 42.7 Å². The summed E-state index contributed by atoms with van der Waals surface area (Å²) in [5, 5.41) is 2.85. The third-order valence-electron chi connectivity index (χ3n) is 3.06. The number of anilines is 1. The number of hydrogen-bond donors (Lipinski definition) is 2. The van der Waals surface area contributed by atoms with Crippen molar-refractivity contribution in [3.8, 4) is 0 Å². The van der Waals surface area contributed by atoms with Crippen molar-refractivity contribution in [3.05, 3.63) is 64.1 Å². The quantitative estimate of drug-likeness (QED) is 0.902. The Hall–Kier alpha value is -1.65. The monoisotopic (exact) mass is 332 g/mol. The Morgan fingerprint density at radius 3 is 2.60 bits per heavy atom. The first-order valence-corrected chi connectivity index (χ1v) is 7.22. The number of carbonyl (C=O) groups excluding carboxylic acids is 1. The van der Waals surface area contributed by atoms with Gasteiger partial charge in [0, 0.05) is 10.2 Å². The summed E-state index contributed by atoms with van der Waals surface area (Å²) in [5.74, 6) is -0.171.